The highest BCUT2D eigenvalue weighted by atomic mass is 32.1. The molecule has 2 bridgehead atoms. The Bertz CT molecular complexity index is 2160. The number of nitrogens with one attached hydrogen (secondary N) is 4. The standard InChI is InChI=1S/C45H44N4O7S/c50-40-27-34(45(55)56)24-30-15-19-35(20-16-30)46-41(51)21-22-42(52)47-39(28-36-12-7-23-57-36)44(54)49-38(43(53)48-37(40)25-29-8-3-1-4-9-29)26-31-13-17-33(18-14-31)32-10-5-2-6-11-32/h1-20,23,34,37-39H,21-22,24-28H2,(H,46,51)(H,47,52)(H,48,53)(H,49,54)(H,55,56)/t34-,37-,38-,39+/m0/s1. The first-order chi connectivity index (χ1) is 27.6. The normalized spacial score (nSPS) is 20.0. The molecule has 5 aromatic rings. The van der Waals surface area contributed by atoms with E-state index in [1.165, 1.54) is 11.3 Å². The molecule has 4 aromatic carbocycles. The first kappa shape index (κ1) is 40.3. The topological polar surface area (TPSA) is 171 Å². The SMILES string of the molecule is O=C1CCC(=O)N[C@H](Cc2cccs2)C(=O)N[C@@H](Cc2ccc(-c3ccccc3)cc2)C(=O)N[C@@H](Cc2ccccc2)C(=O)C[C@@H](C(=O)O)Cc2ccc(cc2)N1. The Morgan fingerprint density at radius 3 is 1.81 bits per heavy atom. The minimum absolute atomic E-state index is 0.0325. The Labute approximate surface area is 334 Å². The van der Waals surface area contributed by atoms with Gasteiger partial charge in [0.15, 0.2) is 5.78 Å². The number of fused-ring (bicyclic) bond motifs is 18. The lowest BCUT2D eigenvalue weighted by Crippen LogP contribution is -2.57. The van der Waals surface area contributed by atoms with Crippen LogP contribution in [0.3, 0.4) is 0 Å². The summed E-state index contributed by atoms with van der Waals surface area (Å²) in [5, 5.41) is 23.3. The number of carboxylic acid groups (broad SMARTS) is 1. The summed E-state index contributed by atoms with van der Waals surface area (Å²) < 4.78 is 0. The van der Waals surface area contributed by atoms with E-state index in [-0.39, 0.29) is 44.9 Å². The van der Waals surface area contributed by atoms with Gasteiger partial charge in [-0.2, -0.15) is 0 Å². The molecule has 2 aliphatic rings. The van der Waals surface area contributed by atoms with E-state index in [4.69, 9.17) is 0 Å². The van der Waals surface area contributed by atoms with Crippen molar-refractivity contribution in [2.45, 2.75) is 63.1 Å². The summed E-state index contributed by atoms with van der Waals surface area (Å²) in [7, 11) is 0. The molecule has 0 unspecified atom stereocenters. The zero-order chi connectivity index (χ0) is 40.1. The summed E-state index contributed by atoms with van der Waals surface area (Å²) in [5.41, 5.74) is 4.55. The van der Waals surface area contributed by atoms with E-state index in [2.05, 4.69) is 21.3 Å². The molecule has 2 aliphatic heterocycles. The van der Waals surface area contributed by atoms with Crippen LogP contribution in [-0.4, -0.2) is 58.6 Å². The smallest absolute Gasteiger partial charge is 0.307 e. The van der Waals surface area contributed by atoms with Gasteiger partial charge in [-0.3, -0.25) is 28.8 Å². The van der Waals surface area contributed by atoms with Gasteiger partial charge in [0.25, 0.3) is 0 Å². The predicted octanol–water partition coefficient (Wildman–Crippen LogP) is 5.53. The van der Waals surface area contributed by atoms with Crippen LogP contribution in [0.25, 0.3) is 11.1 Å². The van der Waals surface area contributed by atoms with Crippen molar-refractivity contribution in [3.05, 3.63) is 148 Å². The highest BCUT2D eigenvalue weighted by molar-refractivity contribution is 7.09. The average molecular weight is 785 g/mol. The van der Waals surface area contributed by atoms with Crippen LogP contribution >= 0.6 is 11.3 Å². The van der Waals surface area contributed by atoms with Crippen LogP contribution in [0.2, 0.25) is 0 Å². The maximum atomic E-state index is 14.4. The molecule has 4 amide bonds. The number of benzene rings is 4. The summed E-state index contributed by atoms with van der Waals surface area (Å²) in [4.78, 5) is 82.0. The minimum Gasteiger partial charge on any atom is -0.481 e. The van der Waals surface area contributed by atoms with E-state index in [9.17, 15) is 33.9 Å². The van der Waals surface area contributed by atoms with Gasteiger partial charge in [-0.25, -0.2) is 0 Å². The van der Waals surface area contributed by atoms with E-state index in [1.54, 1.807) is 24.3 Å². The van der Waals surface area contributed by atoms with Gasteiger partial charge in [0.2, 0.25) is 23.6 Å². The first-order valence-electron chi connectivity index (χ1n) is 18.8. The van der Waals surface area contributed by atoms with Crippen LogP contribution < -0.4 is 21.3 Å². The molecule has 7 rings (SSSR count). The van der Waals surface area contributed by atoms with Crippen LogP contribution in [0.15, 0.2) is 127 Å². The lowest BCUT2D eigenvalue weighted by Gasteiger charge is -2.26. The van der Waals surface area contributed by atoms with Gasteiger partial charge < -0.3 is 26.4 Å². The summed E-state index contributed by atoms with van der Waals surface area (Å²) in [6.45, 7) is 0. The van der Waals surface area contributed by atoms with Crippen LogP contribution in [0.1, 0.15) is 40.8 Å². The van der Waals surface area contributed by atoms with Gasteiger partial charge in [0.05, 0.1) is 12.0 Å². The number of hydrogen-bond donors (Lipinski definition) is 5. The zero-order valence-electron chi connectivity index (χ0n) is 31.2. The minimum atomic E-state index is -1.19. The number of aliphatic carboxylic acids is 1. The Morgan fingerprint density at radius 1 is 0.579 bits per heavy atom. The summed E-state index contributed by atoms with van der Waals surface area (Å²) >= 11 is 1.41. The largest absolute Gasteiger partial charge is 0.481 e. The molecule has 0 aliphatic carbocycles. The van der Waals surface area contributed by atoms with Gasteiger partial charge in [-0.15, -0.1) is 11.3 Å². The maximum absolute atomic E-state index is 14.4. The molecule has 292 valence electrons. The predicted molar refractivity (Wildman–Crippen MR) is 218 cm³/mol. The Balaban J connectivity index is 1.34. The second-order valence-corrected chi connectivity index (χ2v) is 15.2. The molecule has 3 heterocycles. The van der Waals surface area contributed by atoms with E-state index >= 15 is 0 Å². The average Bonchev–Trinajstić information content (AvgIpc) is 3.73. The lowest BCUT2D eigenvalue weighted by atomic mass is 9.90. The third kappa shape index (κ3) is 11.8. The van der Waals surface area contributed by atoms with Crippen LogP contribution in [0, 0.1) is 5.92 Å². The van der Waals surface area contributed by atoms with Crippen molar-refractivity contribution < 1.29 is 33.9 Å². The zero-order valence-corrected chi connectivity index (χ0v) is 32.0. The fourth-order valence-corrected chi connectivity index (χ4v) is 7.50. The Kier molecular flexibility index (Phi) is 13.7. The highest BCUT2D eigenvalue weighted by Gasteiger charge is 2.32. The number of thiophene rings is 1. The van der Waals surface area contributed by atoms with Gasteiger partial charge in [-0.05, 0) is 64.2 Å². The van der Waals surface area contributed by atoms with Gasteiger partial charge in [0.1, 0.15) is 12.1 Å². The highest BCUT2D eigenvalue weighted by Crippen LogP contribution is 2.22. The van der Waals surface area contributed by atoms with Crippen molar-refractivity contribution >= 4 is 52.4 Å². The molecule has 5 N–H and O–H groups in total. The molecule has 0 saturated carbocycles. The van der Waals surface area contributed by atoms with Crippen LogP contribution in [-0.2, 0) is 54.5 Å². The van der Waals surface area contributed by atoms with E-state index in [0.717, 1.165) is 27.1 Å². The van der Waals surface area contributed by atoms with E-state index in [0.29, 0.717) is 11.3 Å². The van der Waals surface area contributed by atoms with E-state index < -0.39 is 59.4 Å². The van der Waals surface area contributed by atoms with Crippen LogP contribution in [0.5, 0.6) is 0 Å². The Hall–Kier alpha value is -6.40. The maximum Gasteiger partial charge on any atom is 0.307 e. The lowest BCUT2D eigenvalue weighted by molar-refractivity contribution is -0.144. The summed E-state index contributed by atoms with van der Waals surface area (Å²) in [6, 6.07) is 33.4. The summed E-state index contributed by atoms with van der Waals surface area (Å²) in [6.07, 6.45) is -0.402. The van der Waals surface area contributed by atoms with Crippen molar-refractivity contribution in [3.8, 4) is 11.1 Å². The van der Waals surface area contributed by atoms with E-state index in [1.807, 2.05) is 102 Å². The molecule has 0 saturated heterocycles. The number of rotatable bonds is 8. The summed E-state index contributed by atoms with van der Waals surface area (Å²) in [5.74, 6) is -4.95. The third-order valence-electron chi connectivity index (χ3n) is 9.85. The molecule has 0 spiro atoms. The van der Waals surface area contributed by atoms with Crippen molar-refractivity contribution in [2.24, 2.45) is 5.92 Å². The quantitative estimate of drug-likeness (QED) is 0.129. The number of Topliss-reactive ketones (excluding diaryl/α,β-unsaturated/α-hetero) is 1. The van der Waals surface area contributed by atoms with Crippen molar-refractivity contribution in [1.82, 2.24) is 16.0 Å². The molecular formula is C45H44N4O7S. The third-order valence-corrected chi connectivity index (χ3v) is 10.8. The number of amides is 4. The van der Waals surface area contributed by atoms with Gasteiger partial charge >= 0.3 is 5.97 Å². The monoisotopic (exact) mass is 784 g/mol. The molecule has 4 atom stereocenters. The Morgan fingerprint density at radius 2 is 1.16 bits per heavy atom. The van der Waals surface area contributed by atoms with Gasteiger partial charge in [0, 0.05) is 42.7 Å². The van der Waals surface area contributed by atoms with Crippen molar-refractivity contribution in [1.29, 1.82) is 0 Å². The molecule has 57 heavy (non-hydrogen) atoms. The first-order valence-corrected chi connectivity index (χ1v) is 19.7. The number of anilines is 1. The number of carbonyl (C=O) groups is 6. The number of ketones is 1. The number of carbonyl (C=O) groups excluding carboxylic acids is 5. The molecule has 11 nitrogen and oxygen atoms in total. The molecule has 1 aromatic heterocycles. The molecular weight excluding hydrogens is 741 g/mol. The second kappa shape index (κ2) is 19.5. The molecule has 0 fully saturated rings. The number of hydrogen-bond acceptors (Lipinski definition) is 7. The molecule has 0 radical (unpaired) electrons. The van der Waals surface area contributed by atoms with Crippen molar-refractivity contribution in [3.63, 3.8) is 0 Å². The van der Waals surface area contributed by atoms with Gasteiger partial charge in [-0.1, -0.05) is 103 Å². The fraction of sp³-hybridized carbons (Fsp3) is 0.244. The fourth-order valence-electron chi connectivity index (χ4n) is 6.75. The molecule has 12 heteroatoms. The number of carboxylic acids is 1. The van der Waals surface area contributed by atoms with Crippen LogP contribution in [0.4, 0.5) is 5.69 Å². The van der Waals surface area contributed by atoms with Crippen molar-refractivity contribution in [2.75, 3.05) is 5.32 Å². The second-order valence-electron chi connectivity index (χ2n) is 14.1.